The van der Waals surface area contributed by atoms with E-state index < -0.39 is 0 Å². The van der Waals surface area contributed by atoms with Gasteiger partial charge in [0.2, 0.25) is 0 Å². The van der Waals surface area contributed by atoms with Crippen LogP contribution in [-0.4, -0.2) is 51.6 Å². The first kappa shape index (κ1) is 18.6. The summed E-state index contributed by atoms with van der Waals surface area (Å²) in [6.45, 7) is 8.32. The van der Waals surface area contributed by atoms with Crippen LogP contribution in [0.3, 0.4) is 0 Å². The number of rotatable bonds is 5. The molecule has 1 fully saturated rings. The number of esters is 1. The third-order valence-corrected chi connectivity index (χ3v) is 5.02. The van der Waals surface area contributed by atoms with E-state index in [0.29, 0.717) is 25.3 Å². The molecule has 2 heterocycles. The molecule has 2 aromatic rings. The van der Waals surface area contributed by atoms with E-state index in [-0.39, 0.29) is 12.1 Å². The summed E-state index contributed by atoms with van der Waals surface area (Å²) < 4.78 is 7.06. The van der Waals surface area contributed by atoms with E-state index >= 15 is 0 Å². The van der Waals surface area contributed by atoms with Gasteiger partial charge in [-0.2, -0.15) is 5.10 Å². The van der Waals surface area contributed by atoms with Crippen LogP contribution in [0.5, 0.6) is 0 Å². The number of aliphatic hydroxyl groups excluding tert-OH is 1. The van der Waals surface area contributed by atoms with Crippen molar-refractivity contribution in [2.24, 2.45) is 0 Å². The standard InChI is InChI=1S/C20H27N3O3/c1-4-26-20(25)17-11-21-23(18-9-5-7-14(2)15(18)3)19(17)13-22-10-6-8-16(24)12-22/h5,7,9,11,16,24H,4,6,8,10,12-13H2,1-3H3/t16-/m1/s1. The zero-order valence-electron chi connectivity index (χ0n) is 15.7. The second-order valence-corrected chi connectivity index (χ2v) is 6.89. The fourth-order valence-electron chi connectivity index (χ4n) is 3.46. The van der Waals surface area contributed by atoms with E-state index in [4.69, 9.17) is 4.74 Å². The van der Waals surface area contributed by atoms with E-state index in [1.807, 2.05) is 16.8 Å². The predicted octanol–water partition coefficient (Wildman–Crippen LogP) is 2.62. The molecule has 6 heteroatoms. The molecule has 0 aliphatic carbocycles. The maximum absolute atomic E-state index is 12.4. The van der Waals surface area contributed by atoms with Crippen molar-refractivity contribution in [2.75, 3.05) is 19.7 Å². The van der Waals surface area contributed by atoms with Gasteiger partial charge in [0.05, 0.1) is 30.3 Å². The van der Waals surface area contributed by atoms with Gasteiger partial charge >= 0.3 is 5.97 Å². The molecule has 1 aromatic carbocycles. The van der Waals surface area contributed by atoms with Crippen LogP contribution in [0, 0.1) is 13.8 Å². The van der Waals surface area contributed by atoms with Crippen molar-refractivity contribution in [1.29, 1.82) is 0 Å². The molecule has 0 amide bonds. The normalized spacial score (nSPS) is 18.1. The van der Waals surface area contributed by atoms with Crippen LogP contribution >= 0.6 is 0 Å². The van der Waals surface area contributed by atoms with Crippen molar-refractivity contribution in [1.82, 2.24) is 14.7 Å². The number of benzene rings is 1. The molecule has 1 aliphatic heterocycles. The Bertz CT molecular complexity index is 785. The summed E-state index contributed by atoms with van der Waals surface area (Å²) in [6.07, 6.45) is 3.06. The van der Waals surface area contributed by atoms with Crippen molar-refractivity contribution in [3.63, 3.8) is 0 Å². The van der Waals surface area contributed by atoms with E-state index in [1.54, 1.807) is 13.1 Å². The second kappa shape index (κ2) is 8.01. The highest BCUT2D eigenvalue weighted by molar-refractivity contribution is 5.90. The van der Waals surface area contributed by atoms with Gasteiger partial charge in [0.1, 0.15) is 5.56 Å². The molecule has 1 aromatic heterocycles. The van der Waals surface area contributed by atoms with Gasteiger partial charge in [0.25, 0.3) is 0 Å². The number of aromatic nitrogens is 2. The van der Waals surface area contributed by atoms with Gasteiger partial charge in [-0.3, -0.25) is 4.90 Å². The Hall–Kier alpha value is -2.18. The van der Waals surface area contributed by atoms with Gasteiger partial charge in [-0.25, -0.2) is 9.48 Å². The van der Waals surface area contributed by atoms with E-state index in [1.165, 1.54) is 5.56 Å². The van der Waals surface area contributed by atoms with E-state index in [2.05, 4.69) is 29.9 Å². The lowest BCUT2D eigenvalue weighted by atomic mass is 10.1. The molecule has 3 rings (SSSR count). The number of ether oxygens (including phenoxy) is 1. The average Bonchev–Trinajstić information content (AvgIpc) is 3.01. The number of hydrogen-bond acceptors (Lipinski definition) is 5. The number of carbonyl (C=O) groups excluding carboxylic acids is 1. The molecular formula is C20H27N3O3. The van der Waals surface area contributed by atoms with Crippen molar-refractivity contribution in [3.05, 3.63) is 46.8 Å². The van der Waals surface area contributed by atoms with Crippen LogP contribution in [0.1, 0.15) is 46.9 Å². The first-order chi connectivity index (χ1) is 12.5. The number of aliphatic hydroxyl groups is 1. The summed E-state index contributed by atoms with van der Waals surface area (Å²) in [5.74, 6) is -0.350. The van der Waals surface area contributed by atoms with Gasteiger partial charge in [-0.1, -0.05) is 12.1 Å². The maximum atomic E-state index is 12.4. The van der Waals surface area contributed by atoms with Crippen LogP contribution in [0.2, 0.25) is 0 Å². The van der Waals surface area contributed by atoms with Crippen LogP contribution < -0.4 is 0 Å². The lowest BCUT2D eigenvalue weighted by Gasteiger charge is -2.30. The van der Waals surface area contributed by atoms with Gasteiger partial charge in [-0.15, -0.1) is 0 Å². The molecule has 26 heavy (non-hydrogen) atoms. The molecule has 0 spiro atoms. The highest BCUT2D eigenvalue weighted by Crippen LogP contribution is 2.23. The Morgan fingerprint density at radius 1 is 1.38 bits per heavy atom. The zero-order valence-corrected chi connectivity index (χ0v) is 15.7. The third kappa shape index (κ3) is 3.81. The minimum Gasteiger partial charge on any atom is -0.462 e. The van der Waals surface area contributed by atoms with Crippen LogP contribution in [-0.2, 0) is 11.3 Å². The van der Waals surface area contributed by atoms with E-state index in [9.17, 15) is 9.90 Å². The Balaban J connectivity index is 2.01. The summed E-state index contributed by atoms with van der Waals surface area (Å²) >= 11 is 0. The number of likely N-dealkylation sites (tertiary alicyclic amines) is 1. The molecule has 140 valence electrons. The quantitative estimate of drug-likeness (QED) is 0.833. The van der Waals surface area contributed by atoms with Crippen LogP contribution in [0.4, 0.5) is 0 Å². The second-order valence-electron chi connectivity index (χ2n) is 6.89. The first-order valence-electron chi connectivity index (χ1n) is 9.22. The highest BCUT2D eigenvalue weighted by Gasteiger charge is 2.25. The topological polar surface area (TPSA) is 67.6 Å². The summed E-state index contributed by atoms with van der Waals surface area (Å²) in [4.78, 5) is 14.6. The van der Waals surface area contributed by atoms with Crippen molar-refractivity contribution >= 4 is 5.97 Å². The third-order valence-electron chi connectivity index (χ3n) is 5.02. The highest BCUT2D eigenvalue weighted by atomic mass is 16.5. The summed E-state index contributed by atoms with van der Waals surface area (Å²) in [5, 5.41) is 14.5. The van der Waals surface area contributed by atoms with Gasteiger partial charge < -0.3 is 9.84 Å². The zero-order chi connectivity index (χ0) is 18.7. The first-order valence-corrected chi connectivity index (χ1v) is 9.22. The molecule has 1 aliphatic rings. The molecular weight excluding hydrogens is 330 g/mol. The summed E-state index contributed by atoms with van der Waals surface area (Å²) in [7, 11) is 0. The number of hydrogen-bond donors (Lipinski definition) is 1. The monoisotopic (exact) mass is 357 g/mol. The fourth-order valence-corrected chi connectivity index (χ4v) is 3.46. The summed E-state index contributed by atoms with van der Waals surface area (Å²) in [6, 6.07) is 6.08. The number of carbonyl (C=O) groups is 1. The maximum Gasteiger partial charge on any atom is 0.341 e. The Kier molecular flexibility index (Phi) is 5.74. The Labute approximate surface area is 154 Å². The lowest BCUT2D eigenvalue weighted by Crippen LogP contribution is -2.38. The molecule has 1 saturated heterocycles. The molecule has 0 saturated carbocycles. The SMILES string of the molecule is CCOC(=O)c1cnn(-c2cccc(C)c2C)c1CN1CCC[C@@H](O)C1. The Morgan fingerprint density at radius 2 is 2.19 bits per heavy atom. The summed E-state index contributed by atoms with van der Waals surface area (Å²) in [5.41, 5.74) is 4.58. The minimum absolute atomic E-state index is 0.313. The molecule has 0 bridgehead atoms. The number of β-amino-alcohol motifs (C(OH)–C–C–N with tert-alkyl or cyclic N) is 1. The number of nitrogens with zero attached hydrogens (tertiary/aromatic N) is 3. The van der Waals surface area contributed by atoms with Gasteiger partial charge in [0, 0.05) is 13.1 Å². The van der Waals surface area contributed by atoms with Gasteiger partial charge in [-0.05, 0) is 57.4 Å². The molecule has 1 N–H and O–H groups in total. The molecule has 0 radical (unpaired) electrons. The Morgan fingerprint density at radius 3 is 2.92 bits per heavy atom. The largest absolute Gasteiger partial charge is 0.462 e. The van der Waals surface area contributed by atoms with Crippen molar-refractivity contribution < 1.29 is 14.6 Å². The molecule has 0 unspecified atom stereocenters. The average molecular weight is 357 g/mol. The number of aryl methyl sites for hydroxylation is 1. The smallest absolute Gasteiger partial charge is 0.341 e. The van der Waals surface area contributed by atoms with E-state index in [0.717, 1.165) is 36.3 Å². The minimum atomic E-state index is -0.350. The van der Waals surface area contributed by atoms with Gasteiger partial charge in [0.15, 0.2) is 0 Å². The lowest BCUT2D eigenvalue weighted by molar-refractivity contribution is 0.0517. The predicted molar refractivity (Wildman–Crippen MR) is 99.5 cm³/mol. The van der Waals surface area contributed by atoms with Crippen LogP contribution in [0.15, 0.2) is 24.4 Å². The van der Waals surface area contributed by atoms with Crippen molar-refractivity contribution in [3.8, 4) is 5.69 Å². The van der Waals surface area contributed by atoms with Crippen molar-refractivity contribution in [2.45, 2.75) is 46.3 Å². The fraction of sp³-hybridized carbons (Fsp3) is 0.500. The molecule has 1 atom stereocenters. The molecule has 6 nitrogen and oxygen atoms in total. The van der Waals surface area contributed by atoms with Crippen LogP contribution in [0.25, 0.3) is 5.69 Å². The number of piperidine rings is 1.